The molecule has 0 radical (unpaired) electrons. The summed E-state index contributed by atoms with van der Waals surface area (Å²) in [4.78, 5) is 0.384. The van der Waals surface area contributed by atoms with Crippen molar-refractivity contribution in [2.75, 3.05) is 12.3 Å². The number of hydrogen-bond donors (Lipinski definition) is 1. The summed E-state index contributed by atoms with van der Waals surface area (Å²) in [6, 6.07) is 6.78. The van der Waals surface area contributed by atoms with Crippen LogP contribution in [-0.4, -0.2) is 26.8 Å². The zero-order chi connectivity index (χ0) is 13.8. The van der Waals surface area contributed by atoms with E-state index in [0.717, 1.165) is 11.0 Å². The summed E-state index contributed by atoms with van der Waals surface area (Å²) in [5, 5.41) is 3.23. The van der Waals surface area contributed by atoms with Crippen LogP contribution in [0.2, 0.25) is 0 Å². The standard InChI is InChI=1S/C13H20BrNO2S/c1-4-15-13(10(2)3)9-18(16,17)12-7-5-11(14)6-8-12/h5-8,10,13,15H,4,9H2,1-3H3. The van der Waals surface area contributed by atoms with Crippen molar-refractivity contribution in [1.82, 2.24) is 5.32 Å². The monoisotopic (exact) mass is 333 g/mol. The maximum Gasteiger partial charge on any atom is 0.179 e. The van der Waals surface area contributed by atoms with Crippen LogP contribution in [-0.2, 0) is 9.84 Å². The number of sulfone groups is 1. The Morgan fingerprint density at radius 1 is 1.22 bits per heavy atom. The Morgan fingerprint density at radius 2 is 1.78 bits per heavy atom. The molecule has 1 aromatic rings. The van der Waals surface area contributed by atoms with Crippen LogP contribution in [0.15, 0.2) is 33.6 Å². The highest BCUT2D eigenvalue weighted by molar-refractivity contribution is 9.10. The highest BCUT2D eigenvalue weighted by Gasteiger charge is 2.22. The van der Waals surface area contributed by atoms with Crippen LogP contribution in [0.1, 0.15) is 20.8 Å². The van der Waals surface area contributed by atoms with E-state index < -0.39 is 9.84 Å². The van der Waals surface area contributed by atoms with E-state index in [4.69, 9.17) is 0 Å². The fraction of sp³-hybridized carbons (Fsp3) is 0.538. The molecule has 1 rings (SSSR count). The lowest BCUT2D eigenvalue weighted by molar-refractivity contribution is 0.435. The van der Waals surface area contributed by atoms with E-state index in [1.165, 1.54) is 0 Å². The molecule has 0 saturated carbocycles. The van der Waals surface area contributed by atoms with E-state index in [2.05, 4.69) is 21.2 Å². The third-order valence-corrected chi connectivity index (χ3v) is 5.16. The van der Waals surface area contributed by atoms with Crippen LogP contribution < -0.4 is 5.32 Å². The van der Waals surface area contributed by atoms with Crippen molar-refractivity contribution < 1.29 is 8.42 Å². The Bertz CT molecular complexity index is 468. The first-order chi connectivity index (χ1) is 8.36. The number of nitrogens with one attached hydrogen (secondary N) is 1. The van der Waals surface area contributed by atoms with Gasteiger partial charge in [-0.25, -0.2) is 8.42 Å². The summed E-state index contributed by atoms with van der Waals surface area (Å²) in [6.07, 6.45) is 0. The van der Waals surface area contributed by atoms with Crippen molar-refractivity contribution in [2.45, 2.75) is 31.7 Å². The van der Waals surface area contributed by atoms with Gasteiger partial charge in [0.1, 0.15) is 0 Å². The summed E-state index contributed by atoms with van der Waals surface area (Å²) in [5.74, 6) is 0.426. The molecule has 1 aromatic carbocycles. The van der Waals surface area contributed by atoms with Crippen molar-refractivity contribution in [1.29, 1.82) is 0 Å². The second kappa shape index (κ2) is 6.68. The van der Waals surface area contributed by atoms with Gasteiger partial charge in [-0.1, -0.05) is 36.7 Å². The smallest absolute Gasteiger partial charge is 0.179 e. The van der Waals surface area contributed by atoms with E-state index in [1.54, 1.807) is 24.3 Å². The highest BCUT2D eigenvalue weighted by Crippen LogP contribution is 2.18. The van der Waals surface area contributed by atoms with Gasteiger partial charge in [0.25, 0.3) is 0 Å². The largest absolute Gasteiger partial charge is 0.313 e. The molecule has 1 N–H and O–H groups in total. The average molecular weight is 334 g/mol. The molecule has 0 bridgehead atoms. The van der Waals surface area contributed by atoms with E-state index in [0.29, 0.717) is 4.90 Å². The van der Waals surface area contributed by atoms with Crippen LogP contribution >= 0.6 is 15.9 Å². The first-order valence-electron chi connectivity index (χ1n) is 6.08. The van der Waals surface area contributed by atoms with Gasteiger partial charge < -0.3 is 5.32 Å². The molecular weight excluding hydrogens is 314 g/mol. The van der Waals surface area contributed by atoms with Gasteiger partial charge in [0.15, 0.2) is 9.84 Å². The van der Waals surface area contributed by atoms with E-state index in [9.17, 15) is 8.42 Å². The molecule has 1 atom stereocenters. The minimum atomic E-state index is -3.23. The number of rotatable bonds is 6. The summed E-state index contributed by atoms with van der Waals surface area (Å²) < 4.78 is 25.4. The predicted molar refractivity (Wildman–Crippen MR) is 78.5 cm³/mol. The molecule has 0 saturated heterocycles. The molecule has 0 aliphatic rings. The topological polar surface area (TPSA) is 46.2 Å². The number of benzene rings is 1. The summed E-state index contributed by atoms with van der Waals surface area (Å²) >= 11 is 3.30. The lowest BCUT2D eigenvalue weighted by Crippen LogP contribution is -2.39. The van der Waals surface area contributed by atoms with E-state index in [-0.39, 0.29) is 17.7 Å². The van der Waals surface area contributed by atoms with Crippen LogP contribution in [0.5, 0.6) is 0 Å². The van der Waals surface area contributed by atoms with Crippen molar-refractivity contribution in [3.05, 3.63) is 28.7 Å². The minimum Gasteiger partial charge on any atom is -0.313 e. The molecule has 102 valence electrons. The van der Waals surface area contributed by atoms with Crippen molar-refractivity contribution in [2.24, 2.45) is 5.92 Å². The molecule has 0 heterocycles. The second-order valence-corrected chi connectivity index (χ2v) is 7.59. The molecule has 0 aromatic heterocycles. The zero-order valence-corrected chi connectivity index (χ0v) is 13.4. The Kier molecular flexibility index (Phi) is 5.82. The first kappa shape index (κ1) is 15.7. The lowest BCUT2D eigenvalue weighted by Gasteiger charge is -2.21. The van der Waals surface area contributed by atoms with E-state index >= 15 is 0 Å². The Balaban J connectivity index is 2.89. The molecule has 0 aliphatic carbocycles. The number of halogens is 1. The van der Waals surface area contributed by atoms with Crippen molar-refractivity contribution in [3.63, 3.8) is 0 Å². The molecule has 18 heavy (non-hydrogen) atoms. The van der Waals surface area contributed by atoms with Gasteiger partial charge in [-0.15, -0.1) is 0 Å². The first-order valence-corrected chi connectivity index (χ1v) is 8.53. The highest BCUT2D eigenvalue weighted by atomic mass is 79.9. The fourth-order valence-electron chi connectivity index (χ4n) is 1.72. The normalized spacial score (nSPS) is 13.8. The third-order valence-electron chi connectivity index (χ3n) is 2.84. The van der Waals surface area contributed by atoms with Gasteiger partial charge in [0.05, 0.1) is 10.6 Å². The summed E-state index contributed by atoms with van der Waals surface area (Å²) in [5.41, 5.74) is 0. The van der Waals surface area contributed by atoms with Crippen LogP contribution in [0.25, 0.3) is 0 Å². The van der Waals surface area contributed by atoms with Gasteiger partial charge in [-0.05, 0) is 36.7 Å². The van der Waals surface area contributed by atoms with Crippen LogP contribution in [0, 0.1) is 5.92 Å². The molecule has 0 spiro atoms. The maximum atomic E-state index is 12.3. The maximum absolute atomic E-state index is 12.3. The molecule has 0 amide bonds. The third kappa shape index (κ3) is 4.37. The predicted octanol–water partition coefficient (Wildman–Crippen LogP) is 2.86. The van der Waals surface area contributed by atoms with E-state index in [1.807, 2.05) is 20.8 Å². The van der Waals surface area contributed by atoms with Crippen LogP contribution in [0.4, 0.5) is 0 Å². The zero-order valence-electron chi connectivity index (χ0n) is 11.0. The molecule has 0 aliphatic heterocycles. The quantitative estimate of drug-likeness (QED) is 0.870. The van der Waals surface area contributed by atoms with Gasteiger partial charge in [-0.2, -0.15) is 0 Å². The summed E-state index contributed by atoms with van der Waals surface area (Å²) in [7, 11) is -3.23. The van der Waals surface area contributed by atoms with Gasteiger partial charge in [-0.3, -0.25) is 0 Å². The van der Waals surface area contributed by atoms with Gasteiger partial charge in [0.2, 0.25) is 0 Å². The Labute approximate surface area is 118 Å². The van der Waals surface area contributed by atoms with Crippen LogP contribution in [0.3, 0.4) is 0 Å². The second-order valence-electron chi connectivity index (χ2n) is 4.64. The SMILES string of the molecule is CCNC(CS(=O)(=O)c1ccc(Br)cc1)C(C)C. The molecular formula is C13H20BrNO2S. The van der Waals surface area contributed by atoms with Crippen molar-refractivity contribution >= 4 is 25.8 Å². The van der Waals surface area contributed by atoms with Gasteiger partial charge >= 0.3 is 0 Å². The lowest BCUT2D eigenvalue weighted by atomic mass is 10.1. The molecule has 0 fully saturated rings. The fourth-order valence-corrected chi connectivity index (χ4v) is 3.71. The number of hydrogen-bond acceptors (Lipinski definition) is 3. The summed E-state index contributed by atoms with van der Waals surface area (Å²) in [6.45, 7) is 6.83. The van der Waals surface area contributed by atoms with Gasteiger partial charge in [0, 0.05) is 10.5 Å². The van der Waals surface area contributed by atoms with Crippen molar-refractivity contribution in [3.8, 4) is 0 Å². The minimum absolute atomic E-state index is 0.0105. The Morgan fingerprint density at radius 3 is 2.22 bits per heavy atom. The Hall–Kier alpha value is -0.390. The molecule has 5 heteroatoms. The molecule has 3 nitrogen and oxygen atoms in total. The average Bonchev–Trinajstić information content (AvgIpc) is 2.28. The molecule has 1 unspecified atom stereocenters.